The molecule has 5 fully saturated rings. The topological polar surface area (TPSA) is 142 Å². The van der Waals surface area contributed by atoms with Gasteiger partial charge in [0.05, 0.1) is 72.5 Å². The molecule has 12 nitrogen and oxygen atoms in total. The van der Waals surface area contributed by atoms with E-state index in [1.165, 1.54) is 0 Å². The van der Waals surface area contributed by atoms with Gasteiger partial charge in [0.15, 0.2) is 0 Å². The van der Waals surface area contributed by atoms with Gasteiger partial charge in [0, 0.05) is 25.7 Å². The summed E-state index contributed by atoms with van der Waals surface area (Å²) in [6.07, 6.45) is 5.22. The van der Waals surface area contributed by atoms with Gasteiger partial charge < -0.3 is 37.9 Å². The van der Waals surface area contributed by atoms with E-state index >= 15 is 0 Å². The summed E-state index contributed by atoms with van der Waals surface area (Å²) in [5.74, 6) is -2.93. The lowest BCUT2D eigenvalue weighted by molar-refractivity contribution is -0.161. The molecule has 0 radical (unpaired) electrons. The number of cyclic esters (lactones) is 4. The van der Waals surface area contributed by atoms with Gasteiger partial charge in [-0.1, -0.05) is 0 Å². The molecule has 16 atom stereocenters. The molecule has 0 aromatic rings. The fourth-order valence-electron chi connectivity index (χ4n) is 8.60. The summed E-state index contributed by atoms with van der Waals surface area (Å²) in [6.45, 7) is 14.9. The Morgan fingerprint density at radius 2 is 0.519 bits per heavy atom. The van der Waals surface area contributed by atoms with E-state index in [0.29, 0.717) is 25.7 Å². The number of carbonyl (C=O) groups is 4. The number of hydrogen-bond donors (Lipinski definition) is 0. The Labute approximate surface area is 309 Å². The molecule has 0 aromatic carbocycles. The molecule has 0 N–H and O–H groups in total. The molecule has 5 aliphatic heterocycles. The Balaban J connectivity index is 1.19. The lowest BCUT2D eigenvalue weighted by atomic mass is 10.00. The third kappa shape index (κ3) is 10.9. The highest BCUT2D eigenvalue weighted by atomic mass is 16.6. The van der Waals surface area contributed by atoms with E-state index in [1.807, 2.05) is 55.4 Å². The van der Waals surface area contributed by atoms with Gasteiger partial charge >= 0.3 is 23.9 Å². The first-order chi connectivity index (χ1) is 24.7. The van der Waals surface area contributed by atoms with Crippen LogP contribution in [0.3, 0.4) is 0 Å². The van der Waals surface area contributed by atoms with Crippen molar-refractivity contribution in [3.8, 4) is 0 Å². The zero-order valence-corrected chi connectivity index (χ0v) is 32.6. The third-order valence-electron chi connectivity index (χ3n) is 11.9. The predicted octanol–water partition coefficient (Wildman–Crippen LogP) is 6.02. The van der Waals surface area contributed by atoms with Crippen molar-refractivity contribution < 1.29 is 57.1 Å². The minimum atomic E-state index is -0.434. The Bertz CT molecular complexity index is 1040. The van der Waals surface area contributed by atoms with Crippen LogP contribution in [0.5, 0.6) is 0 Å². The van der Waals surface area contributed by atoms with Crippen LogP contribution in [0.1, 0.15) is 132 Å². The van der Waals surface area contributed by atoms with Crippen molar-refractivity contribution in [2.75, 3.05) is 0 Å². The van der Waals surface area contributed by atoms with E-state index in [-0.39, 0.29) is 97.1 Å². The van der Waals surface area contributed by atoms with Gasteiger partial charge in [0.1, 0.15) is 24.4 Å². The maximum absolute atomic E-state index is 13.1. The van der Waals surface area contributed by atoms with Gasteiger partial charge in [0.25, 0.3) is 0 Å². The molecule has 52 heavy (non-hydrogen) atoms. The van der Waals surface area contributed by atoms with Crippen molar-refractivity contribution in [1.82, 2.24) is 0 Å². The van der Waals surface area contributed by atoms with E-state index in [1.54, 1.807) is 0 Å². The van der Waals surface area contributed by atoms with Crippen LogP contribution < -0.4 is 0 Å². The first-order valence-electron chi connectivity index (χ1n) is 20.1. The number of fused-ring (bicyclic) bond motifs is 8. The Morgan fingerprint density at radius 3 is 0.712 bits per heavy atom. The van der Waals surface area contributed by atoms with Gasteiger partial charge in [-0.05, 0) is 107 Å². The van der Waals surface area contributed by atoms with Crippen molar-refractivity contribution in [3.63, 3.8) is 0 Å². The molecule has 5 rings (SSSR count). The van der Waals surface area contributed by atoms with Crippen LogP contribution in [-0.2, 0) is 57.1 Å². The Kier molecular flexibility index (Phi) is 14.4. The monoisotopic (exact) mass is 736 g/mol. The fraction of sp³-hybridized carbons (Fsp3) is 0.900. The molecule has 8 bridgehead atoms. The first-order valence-corrected chi connectivity index (χ1v) is 20.1. The van der Waals surface area contributed by atoms with Gasteiger partial charge in [-0.2, -0.15) is 0 Å². The number of esters is 4. The molecule has 296 valence electrons. The van der Waals surface area contributed by atoms with Crippen molar-refractivity contribution in [2.24, 2.45) is 23.7 Å². The fourth-order valence-corrected chi connectivity index (χ4v) is 8.60. The van der Waals surface area contributed by atoms with Gasteiger partial charge in [0.2, 0.25) is 0 Å². The molecule has 5 heterocycles. The second kappa shape index (κ2) is 18.4. The van der Waals surface area contributed by atoms with Crippen molar-refractivity contribution >= 4 is 23.9 Å². The zero-order chi connectivity index (χ0) is 37.7. The highest BCUT2D eigenvalue weighted by molar-refractivity contribution is 5.74. The number of hydrogen-bond acceptors (Lipinski definition) is 12. The maximum Gasteiger partial charge on any atom is 0.311 e. The SMILES string of the molecule is C[C@@H]1C[C@H]2CC[C@H](O2)[C@H](C)C(=O)O[C@@H](C)C[C@@H]2CC[C@@H](O2)[C@@H](C)C(=O)O[C@H](C)C[C@H]2CC[C@H](O2)[C@H](C)C(=O)O[C@@H](C)C[C@@H]2CC[C@@H](O2)[C@H](C)C(=O)O1. The maximum atomic E-state index is 13.1. The molecule has 5 saturated heterocycles. The van der Waals surface area contributed by atoms with Crippen LogP contribution >= 0.6 is 0 Å². The van der Waals surface area contributed by atoms with Crippen LogP contribution in [0, 0.1) is 23.7 Å². The molecular weight excluding hydrogens is 672 g/mol. The molecule has 5 aliphatic rings. The molecular formula is C40H64O12. The van der Waals surface area contributed by atoms with Crippen LogP contribution in [0.2, 0.25) is 0 Å². The number of rotatable bonds is 0. The molecule has 0 saturated carbocycles. The molecule has 0 aromatic heterocycles. The van der Waals surface area contributed by atoms with Crippen molar-refractivity contribution in [3.05, 3.63) is 0 Å². The molecule has 12 heteroatoms. The largest absolute Gasteiger partial charge is 0.462 e. The van der Waals surface area contributed by atoms with Crippen LogP contribution in [0.15, 0.2) is 0 Å². The quantitative estimate of drug-likeness (QED) is 0.212. The van der Waals surface area contributed by atoms with Crippen LogP contribution in [0.25, 0.3) is 0 Å². The molecule has 0 amide bonds. The highest BCUT2D eigenvalue weighted by Crippen LogP contribution is 2.34. The summed E-state index contributed by atoms with van der Waals surface area (Å²) in [5, 5.41) is 0. The number of carbonyl (C=O) groups excluding carboxylic acids is 4. The summed E-state index contributed by atoms with van der Waals surface area (Å²) < 4.78 is 48.4. The van der Waals surface area contributed by atoms with E-state index in [0.717, 1.165) is 51.4 Å². The van der Waals surface area contributed by atoms with Crippen LogP contribution in [0.4, 0.5) is 0 Å². The van der Waals surface area contributed by atoms with E-state index in [2.05, 4.69) is 0 Å². The summed E-state index contributed by atoms with van der Waals surface area (Å²) >= 11 is 0. The van der Waals surface area contributed by atoms with E-state index in [9.17, 15) is 19.2 Å². The van der Waals surface area contributed by atoms with Gasteiger partial charge in [-0.25, -0.2) is 0 Å². The van der Waals surface area contributed by atoms with Crippen molar-refractivity contribution in [2.45, 2.75) is 206 Å². The first kappa shape index (κ1) is 40.9. The Hall–Kier alpha value is -2.28. The molecule has 0 unspecified atom stereocenters. The summed E-state index contributed by atoms with van der Waals surface area (Å²) in [5.41, 5.74) is 0. The summed E-state index contributed by atoms with van der Waals surface area (Å²) in [6, 6.07) is 0. The molecule has 0 spiro atoms. The standard InChI is InChI=1S/C40H64O12/c1-21-17-29-9-13-34(49-29)26(6)38(42)46-23(3)19-31-11-15-36(51-31)28(8)40(44)48-24(4)20-32-12-16-35(52-32)27(7)39(43)47-22(2)18-30-10-14-33(50-30)25(5)37(41)45-21/h21-36H,9-20H2,1-8H3/t21-,22+,23+,24-,25-,26-,27+,28-,29-,30+,31+,32-,33-,34+,35+,36-/m0/s1. The predicted molar refractivity (Wildman–Crippen MR) is 189 cm³/mol. The van der Waals surface area contributed by atoms with E-state index in [4.69, 9.17) is 37.9 Å². The number of ether oxygens (including phenoxy) is 8. The normalized spacial score (nSPS) is 45.2. The molecule has 0 aliphatic carbocycles. The Morgan fingerprint density at radius 1 is 0.327 bits per heavy atom. The second-order valence-electron chi connectivity index (χ2n) is 16.6. The van der Waals surface area contributed by atoms with E-state index < -0.39 is 23.7 Å². The minimum Gasteiger partial charge on any atom is -0.462 e. The van der Waals surface area contributed by atoms with Crippen molar-refractivity contribution in [1.29, 1.82) is 0 Å². The summed E-state index contributed by atoms with van der Waals surface area (Å²) in [4.78, 5) is 52.4. The highest BCUT2D eigenvalue weighted by Gasteiger charge is 2.41. The minimum absolute atomic E-state index is 0.119. The lowest BCUT2D eigenvalue weighted by Crippen LogP contribution is -2.34. The van der Waals surface area contributed by atoms with Crippen LogP contribution in [-0.4, -0.2) is 97.1 Å². The van der Waals surface area contributed by atoms with Gasteiger partial charge in [-0.3, -0.25) is 19.2 Å². The third-order valence-corrected chi connectivity index (χ3v) is 11.9. The summed E-state index contributed by atoms with van der Waals surface area (Å²) in [7, 11) is 0. The van der Waals surface area contributed by atoms with Gasteiger partial charge in [-0.15, -0.1) is 0 Å². The second-order valence-corrected chi connectivity index (χ2v) is 16.6. The average molecular weight is 737 g/mol. The zero-order valence-electron chi connectivity index (χ0n) is 32.6. The smallest absolute Gasteiger partial charge is 0.311 e. The average Bonchev–Trinajstić information content (AvgIpc) is 3.91. The lowest BCUT2D eigenvalue weighted by Gasteiger charge is -2.26.